The van der Waals surface area contributed by atoms with Crippen LogP contribution in [0.5, 0.6) is 0 Å². The van der Waals surface area contributed by atoms with Crippen LogP contribution in [0.3, 0.4) is 0 Å². The van der Waals surface area contributed by atoms with Gasteiger partial charge in [-0.05, 0) is 53.9 Å². The van der Waals surface area contributed by atoms with Crippen LogP contribution in [0.4, 0.5) is 5.69 Å². The number of nitrogens with one attached hydrogen (secondary N) is 1. The molecule has 1 aromatic heterocycles. The van der Waals surface area contributed by atoms with Crippen LogP contribution in [-0.4, -0.2) is 10.9 Å². The standard InChI is InChI=1S/C24H14BrClN2O2/c25-15-5-1-4-14(12-15)23(29)27-16-10-11-22-21(13-16)28-24(30-22)19-8-2-7-18-17(19)6-3-9-20(18)26/h1-13H,(H,27,29). The van der Waals surface area contributed by atoms with E-state index in [0.29, 0.717) is 33.3 Å². The van der Waals surface area contributed by atoms with E-state index in [1.165, 1.54) is 0 Å². The van der Waals surface area contributed by atoms with E-state index in [4.69, 9.17) is 16.0 Å². The molecule has 0 spiro atoms. The highest BCUT2D eigenvalue weighted by Gasteiger charge is 2.14. The summed E-state index contributed by atoms with van der Waals surface area (Å²) in [6.07, 6.45) is 0. The van der Waals surface area contributed by atoms with E-state index in [1.807, 2.05) is 48.5 Å². The molecule has 30 heavy (non-hydrogen) atoms. The predicted octanol–water partition coefficient (Wildman–Crippen LogP) is 7.32. The largest absolute Gasteiger partial charge is 0.436 e. The van der Waals surface area contributed by atoms with Crippen molar-refractivity contribution in [2.24, 2.45) is 0 Å². The van der Waals surface area contributed by atoms with Gasteiger partial charge in [0.05, 0.1) is 0 Å². The third-order valence-corrected chi connectivity index (χ3v) is 5.65. The van der Waals surface area contributed by atoms with Gasteiger partial charge in [0.15, 0.2) is 5.58 Å². The van der Waals surface area contributed by atoms with Crippen LogP contribution in [0.15, 0.2) is 87.8 Å². The summed E-state index contributed by atoms with van der Waals surface area (Å²) in [5, 5.41) is 5.51. The zero-order valence-corrected chi connectivity index (χ0v) is 17.9. The van der Waals surface area contributed by atoms with E-state index in [9.17, 15) is 4.79 Å². The maximum absolute atomic E-state index is 12.5. The minimum Gasteiger partial charge on any atom is -0.436 e. The molecule has 0 fully saturated rings. The van der Waals surface area contributed by atoms with Crippen molar-refractivity contribution in [3.63, 3.8) is 0 Å². The molecule has 5 rings (SSSR count). The fraction of sp³-hybridized carbons (Fsp3) is 0. The summed E-state index contributed by atoms with van der Waals surface area (Å²) in [4.78, 5) is 17.2. The second-order valence-corrected chi connectivity index (χ2v) is 8.13. The molecule has 4 nitrogen and oxygen atoms in total. The maximum Gasteiger partial charge on any atom is 0.255 e. The Labute approximate surface area is 185 Å². The number of anilines is 1. The lowest BCUT2D eigenvalue weighted by Crippen LogP contribution is -2.11. The second-order valence-electron chi connectivity index (χ2n) is 6.81. The van der Waals surface area contributed by atoms with Crippen LogP contribution in [0.1, 0.15) is 10.4 Å². The van der Waals surface area contributed by atoms with Crippen LogP contribution >= 0.6 is 27.5 Å². The number of rotatable bonds is 3. The Balaban J connectivity index is 1.51. The lowest BCUT2D eigenvalue weighted by atomic mass is 10.0. The lowest BCUT2D eigenvalue weighted by Gasteiger charge is -2.05. The summed E-state index contributed by atoms with van der Waals surface area (Å²) >= 11 is 9.71. The van der Waals surface area contributed by atoms with Gasteiger partial charge in [-0.15, -0.1) is 0 Å². The van der Waals surface area contributed by atoms with Crippen molar-refractivity contribution >= 4 is 61.0 Å². The van der Waals surface area contributed by atoms with Crippen molar-refractivity contribution in [3.05, 3.63) is 93.9 Å². The summed E-state index contributed by atoms with van der Waals surface area (Å²) in [5.41, 5.74) is 3.39. The summed E-state index contributed by atoms with van der Waals surface area (Å²) in [6, 6.07) is 24.3. The Hall–Kier alpha value is -3.15. The maximum atomic E-state index is 12.5. The lowest BCUT2D eigenvalue weighted by molar-refractivity contribution is 0.102. The smallest absolute Gasteiger partial charge is 0.255 e. The Morgan fingerprint density at radius 1 is 0.933 bits per heavy atom. The van der Waals surface area contributed by atoms with Crippen molar-refractivity contribution in [3.8, 4) is 11.5 Å². The summed E-state index contributed by atoms with van der Waals surface area (Å²) in [6.45, 7) is 0. The minimum absolute atomic E-state index is 0.192. The van der Waals surface area contributed by atoms with Gasteiger partial charge in [0.1, 0.15) is 5.52 Å². The number of carbonyl (C=O) groups is 1. The molecule has 0 atom stereocenters. The third-order valence-electron chi connectivity index (χ3n) is 4.83. The Bertz CT molecular complexity index is 1430. The number of oxazole rings is 1. The van der Waals surface area contributed by atoms with Gasteiger partial charge in [-0.3, -0.25) is 4.79 Å². The molecule has 0 unspecified atom stereocenters. The molecule has 0 aliphatic heterocycles. The van der Waals surface area contributed by atoms with Gasteiger partial charge in [0.2, 0.25) is 5.89 Å². The first-order chi connectivity index (χ1) is 14.6. The van der Waals surface area contributed by atoms with Crippen LogP contribution in [0.2, 0.25) is 5.02 Å². The van der Waals surface area contributed by atoms with Crippen molar-refractivity contribution in [1.29, 1.82) is 0 Å². The number of halogens is 2. The molecule has 0 radical (unpaired) electrons. The molecular weight excluding hydrogens is 464 g/mol. The highest BCUT2D eigenvalue weighted by molar-refractivity contribution is 9.10. The first-order valence-corrected chi connectivity index (χ1v) is 10.4. The SMILES string of the molecule is O=C(Nc1ccc2oc(-c3cccc4c(Cl)cccc34)nc2c1)c1cccc(Br)c1. The molecule has 146 valence electrons. The van der Waals surface area contributed by atoms with Crippen molar-refractivity contribution in [2.45, 2.75) is 0 Å². The Kier molecular flexibility index (Phi) is 4.77. The number of nitrogens with zero attached hydrogens (tertiary/aromatic N) is 1. The summed E-state index contributed by atoms with van der Waals surface area (Å²) in [5.74, 6) is 0.316. The number of hydrogen-bond donors (Lipinski definition) is 1. The van der Waals surface area contributed by atoms with Gasteiger partial charge in [-0.2, -0.15) is 0 Å². The molecule has 5 aromatic rings. The van der Waals surface area contributed by atoms with Crippen LogP contribution < -0.4 is 5.32 Å². The quantitative estimate of drug-likeness (QED) is 0.296. The monoisotopic (exact) mass is 476 g/mol. The second kappa shape index (κ2) is 7.59. The van der Waals surface area contributed by atoms with Gasteiger partial charge < -0.3 is 9.73 Å². The number of amides is 1. The van der Waals surface area contributed by atoms with Gasteiger partial charge in [-0.25, -0.2) is 4.98 Å². The normalized spacial score (nSPS) is 11.1. The molecule has 0 aliphatic carbocycles. The fourth-order valence-corrected chi connectivity index (χ4v) is 4.05. The molecule has 1 N–H and O–H groups in total. The van der Waals surface area contributed by atoms with Crippen molar-refractivity contribution in [1.82, 2.24) is 4.98 Å². The van der Waals surface area contributed by atoms with E-state index < -0.39 is 0 Å². The van der Waals surface area contributed by atoms with Gasteiger partial charge in [-0.1, -0.05) is 57.9 Å². The van der Waals surface area contributed by atoms with E-state index in [0.717, 1.165) is 20.8 Å². The number of fused-ring (bicyclic) bond motifs is 2. The molecule has 1 heterocycles. The van der Waals surface area contributed by atoms with E-state index in [1.54, 1.807) is 30.3 Å². The Morgan fingerprint density at radius 3 is 2.60 bits per heavy atom. The molecule has 0 aliphatic rings. The average Bonchev–Trinajstić information content (AvgIpc) is 3.17. The number of carbonyl (C=O) groups excluding carboxylic acids is 1. The molecule has 0 saturated heterocycles. The van der Waals surface area contributed by atoms with Crippen LogP contribution in [-0.2, 0) is 0 Å². The first kappa shape index (κ1) is 18.9. The van der Waals surface area contributed by atoms with E-state index >= 15 is 0 Å². The highest BCUT2D eigenvalue weighted by Crippen LogP contribution is 2.34. The minimum atomic E-state index is -0.192. The average molecular weight is 478 g/mol. The predicted molar refractivity (Wildman–Crippen MR) is 124 cm³/mol. The zero-order valence-electron chi connectivity index (χ0n) is 15.5. The Morgan fingerprint density at radius 2 is 1.73 bits per heavy atom. The molecule has 6 heteroatoms. The molecule has 0 saturated carbocycles. The molecule has 0 bridgehead atoms. The van der Waals surface area contributed by atoms with Gasteiger partial charge in [0.25, 0.3) is 5.91 Å². The van der Waals surface area contributed by atoms with Gasteiger partial charge in [0, 0.05) is 31.7 Å². The third kappa shape index (κ3) is 3.47. The number of hydrogen-bond acceptors (Lipinski definition) is 3. The van der Waals surface area contributed by atoms with Crippen molar-refractivity contribution in [2.75, 3.05) is 5.32 Å². The number of benzene rings is 4. The molecule has 4 aromatic carbocycles. The first-order valence-electron chi connectivity index (χ1n) is 9.23. The van der Waals surface area contributed by atoms with Gasteiger partial charge >= 0.3 is 0 Å². The molecular formula is C24H14BrClN2O2. The van der Waals surface area contributed by atoms with Crippen LogP contribution in [0.25, 0.3) is 33.3 Å². The van der Waals surface area contributed by atoms with Crippen LogP contribution in [0, 0.1) is 0 Å². The van der Waals surface area contributed by atoms with E-state index in [-0.39, 0.29) is 5.91 Å². The van der Waals surface area contributed by atoms with E-state index in [2.05, 4.69) is 26.2 Å². The molecule has 1 amide bonds. The highest BCUT2D eigenvalue weighted by atomic mass is 79.9. The topological polar surface area (TPSA) is 55.1 Å². The van der Waals surface area contributed by atoms with Crippen molar-refractivity contribution < 1.29 is 9.21 Å². The summed E-state index contributed by atoms with van der Waals surface area (Å²) in [7, 11) is 0. The zero-order chi connectivity index (χ0) is 20.7. The fourth-order valence-electron chi connectivity index (χ4n) is 3.41. The summed E-state index contributed by atoms with van der Waals surface area (Å²) < 4.78 is 6.84. The number of aromatic nitrogens is 1.